The van der Waals surface area contributed by atoms with Crippen LogP contribution < -0.4 is 21.7 Å². The fourth-order valence-electron chi connectivity index (χ4n) is 2.89. The van der Waals surface area contributed by atoms with E-state index in [1.54, 1.807) is 12.1 Å². The normalized spacial score (nSPS) is 11.7. The molecule has 3 amide bonds. The van der Waals surface area contributed by atoms with Gasteiger partial charge in [0.05, 0.1) is 16.8 Å². The van der Waals surface area contributed by atoms with Gasteiger partial charge in [0, 0.05) is 24.1 Å². The molecule has 8 nitrogen and oxygen atoms in total. The van der Waals surface area contributed by atoms with Gasteiger partial charge in [0.15, 0.2) is 5.69 Å². The number of alkyl halides is 6. The first-order valence-corrected chi connectivity index (χ1v) is 9.37. The Morgan fingerprint density at radius 1 is 0.912 bits per heavy atom. The zero-order valence-electron chi connectivity index (χ0n) is 16.9. The standard InChI is InChI=1S/C20H16F6N6O2/c21-19(22,23)11-5-12(20(24,25)26)7-14(6-11)31-18(34)30-13-3-1-2-10(4-13)8-28-15-9-29-32-16(15)17(27)33/h1-7,9,28H,8H2,(H2,27,33)(H,29,32)(H2,30,31,34). The van der Waals surface area contributed by atoms with Crippen molar-refractivity contribution in [1.82, 2.24) is 10.2 Å². The number of benzene rings is 2. The van der Waals surface area contributed by atoms with Gasteiger partial charge >= 0.3 is 18.4 Å². The molecule has 1 aromatic heterocycles. The molecule has 0 saturated carbocycles. The van der Waals surface area contributed by atoms with Gasteiger partial charge in [-0.15, -0.1) is 0 Å². The predicted molar refractivity (Wildman–Crippen MR) is 110 cm³/mol. The zero-order valence-corrected chi connectivity index (χ0v) is 16.9. The van der Waals surface area contributed by atoms with Gasteiger partial charge in [-0.25, -0.2) is 4.79 Å². The number of hydrogen-bond donors (Lipinski definition) is 5. The lowest BCUT2D eigenvalue weighted by Gasteiger charge is -2.15. The molecule has 2 aromatic carbocycles. The largest absolute Gasteiger partial charge is 0.416 e. The highest BCUT2D eigenvalue weighted by atomic mass is 19.4. The summed E-state index contributed by atoms with van der Waals surface area (Å²) in [7, 11) is 0. The topological polar surface area (TPSA) is 125 Å². The highest BCUT2D eigenvalue weighted by Crippen LogP contribution is 2.37. The fourth-order valence-corrected chi connectivity index (χ4v) is 2.89. The maximum absolute atomic E-state index is 13.0. The van der Waals surface area contributed by atoms with Gasteiger partial charge in [0.2, 0.25) is 0 Å². The smallest absolute Gasteiger partial charge is 0.378 e. The van der Waals surface area contributed by atoms with Gasteiger partial charge in [-0.1, -0.05) is 12.1 Å². The summed E-state index contributed by atoms with van der Waals surface area (Å²) in [5.74, 6) is -0.751. The van der Waals surface area contributed by atoms with Crippen molar-refractivity contribution in [3.63, 3.8) is 0 Å². The summed E-state index contributed by atoms with van der Waals surface area (Å²) >= 11 is 0. The number of primary amides is 1. The number of aromatic amines is 1. The number of anilines is 3. The average molecular weight is 486 g/mol. The van der Waals surface area contributed by atoms with Gasteiger partial charge < -0.3 is 21.7 Å². The Labute approximate surface area is 187 Å². The van der Waals surface area contributed by atoms with Crippen LogP contribution in [0.1, 0.15) is 27.2 Å². The summed E-state index contributed by atoms with van der Waals surface area (Å²) in [6, 6.07) is 5.90. The number of hydrogen-bond acceptors (Lipinski definition) is 4. The molecule has 0 aliphatic rings. The lowest BCUT2D eigenvalue weighted by molar-refractivity contribution is -0.143. The molecule has 3 aromatic rings. The number of carbonyl (C=O) groups excluding carboxylic acids is 2. The van der Waals surface area contributed by atoms with E-state index in [2.05, 4.69) is 20.8 Å². The maximum Gasteiger partial charge on any atom is 0.416 e. The molecular formula is C20H16F6N6O2. The Morgan fingerprint density at radius 2 is 1.53 bits per heavy atom. The number of rotatable bonds is 6. The van der Waals surface area contributed by atoms with Crippen LogP contribution in [-0.2, 0) is 18.9 Å². The van der Waals surface area contributed by atoms with Crippen LogP contribution in [0.15, 0.2) is 48.7 Å². The molecular weight excluding hydrogens is 470 g/mol. The summed E-state index contributed by atoms with van der Waals surface area (Å²) in [5.41, 5.74) is 2.56. The number of halogens is 6. The minimum Gasteiger partial charge on any atom is -0.378 e. The van der Waals surface area contributed by atoms with Crippen molar-refractivity contribution in [2.45, 2.75) is 18.9 Å². The van der Waals surface area contributed by atoms with Gasteiger partial charge in [-0.3, -0.25) is 9.89 Å². The summed E-state index contributed by atoms with van der Waals surface area (Å²) in [4.78, 5) is 23.5. The number of H-pyrrole nitrogens is 1. The van der Waals surface area contributed by atoms with E-state index >= 15 is 0 Å². The minimum absolute atomic E-state index is 0.00651. The molecule has 0 fully saturated rings. The molecule has 0 bridgehead atoms. The average Bonchev–Trinajstić information content (AvgIpc) is 3.20. The number of nitrogens with two attached hydrogens (primary N) is 1. The van der Waals surface area contributed by atoms with Crippen LogP contribution >= 0.6 is 0 Å². The molecule has 0 aliphatic carbocycles. The van der Waals surface area contributed by atoms with E-state index in [-0.39, 0.29) is 24.0 Å². The van der Waals surface area contributed by atoms with E-state index in [1.807, 2.05) is 5.32 Å². The number of nitrogens with zero attached hydrogens (tertiary/aromatic N) is 1. The Hall–Kier alpha value is -4.23. The zero-order chi connectivity index (χ0) is 25.1. The Kier molecular flexibility index (Phi) is 6.70. The van der Waals surface area contributed by atoms with Crippen LogP contribution in [0.2, 0.25) is 0 Å². The molecule has 0 atom stereocenters. The van der Waals surface area contributed by atoms with Crippen molar-refractivity contribution < 1.29 is 35.9 Å². The van der Waals surface area contributed by atoms with Crippen LogP contribution in [-0.4, -0.2) is 22.1 Å². The SMILES string of the molecule is NC(=O)c1n[nH]cc1NCc1cccc(NC(=O)Nc2cc(C(F)(F)F)cc(C(F)(F)F)c2)c1. The lowest BCUT2D eigenvalue weighted by Crippen LogP contribution is -2.21. The molecule has 1 heterocycles. The van der Waals surface area contributed by atoms with Crippen molar-refractivity contribution >= 4 is 29.0 Å². The van der Waals surface area contributed by atoms with Gasteiger partial charge in [0.25, 0.3) is 5.91 Å². The van der Waals surface area contributed by atoms with Gasteiger partial charge in [-0.05, 0) is 35.9 Å². The van der Waals surface area contributed by atoms with E-state index in [1.165, 1.54) is 18.3 Å². The first kappa shape index (κ1) is 24.4. The molecule has 0 unspecified atom stereocenters. The van der Waals surface area contributed by atoms with Crippen LogP contribution in [0.25, 0.3) is 0 Å². The Morgan fingerprint density at radius 3 is 2.12 bits per heavy atom. The van der Waals surface area contributed by atoms with Crippen molar-refractivity contribution in [1.29, 1.82) is 0 Å². The van der Waals surface area contributed by atoms with E-state index in [9.17, 15) is 35.9 Å². The van der Waals surface area contributed by atoms with Crippen molar-refractivity contribution in [2.24, 2.45) is 5.73 Å². The maximum atomic E-state index is 13.0. The van der Waals surface area contributed by atoms with Crippen LogP contribution in [0.5, 0.6) is 0 Å². The quantitative estimate of drug-likeness (QED) is 0.321. The summed E-state index contributed by atoms with van der Waals surface area (Å²) < 4.78 is 77.9. The van der Waals surface area contributed by atoms with E-state index < -0.39 is 41.1 Å². The monoisotopic (exact) mass is 486 g/mol. The van der Waals surface area contributed by atoms with Crippen molar-refractivity contribution in [3.05, 3.63) is 71.0 Å². The Bertz CT molecular complexity index is 1170. The second kappa shape index (κ2) is 9.33. The third-order valence-electron chi connectivity index (χ3n) is 4.39. The fraction of sp³-hybridized carbons (Fsp3) is 0.150. The number of aromatic nitrogens is 2. The van der Waals surface area contributed by atoms with Gasteiger partial charge in [-0.2, -0.15) is 31.4 Å². The second-order valence-corrected chi connectivity index (χ2v) is 6.94. The van der Waals surface area contributed by atoms with Crippen LogP contribution in [0.4, 0.5) is 48.2 Å². The highest BCUT2D eigenvalue weighted by Gasteiger charge is 2.37. The lowest BCUT2D eigenvalue weighted by atomic mass is 10.1. The summed E-state index contributed by atoms with van der Waals surface area (Å²) in [6.07, 6.45) is -8.67. The predicted octanol–water partition coefficient (Wildman–Crippen LogP) is 4.80. The molecule has 14 heteroatoms. The molecule has 0 spiro atoms. The summed E-state index contributed by atoms with van der Waals surface area (Å²) in [5, 5.41) is 13.4. The summed E-state index contributed by atoms with van der Waals surface area (Å²) in [6.45, 7) is 0.180. The minimum atomic E-state index is -5.04. The molecule has 0 radical (unpaired) electrons. The van der Waals surface area contributed by atoms with Crippen LogP contribution in [0, 0.1) is 0 Å². The van der Waals surface area contributed by atoms with Crippen LogP contribution in [0.3, 0.4) is 0 Å². The Balaban J connectivity index is 1.71. The molecule has 0 saturated heterocycles. The number of amides is 3. The third kappa shape index (κ3) is 6.17. The molecule has 0 aliphatic heterocycles. The van der Waals surface area contributed by atoms with E-state index in [0.29, 0.717) is 23.4 Å². The van der Waals surface area contributed by atoms with E-state index in [0.717, 1.165) is 0 Å². The molecule has 6 N–H and O–H groups in total. The third-order valence-corrected chi connectivity index (χ3v) is 4.39. The molecule has 180 valence electrons. The second-order valence-electron chi connectivity index (χ2n) is 6.94. The molecule has 3 rings (SSSR count). The van der Waals surface area contributed by atoms with Crippen molar-refractivity contribution in [2.75, 3.05) is 16.0 Å². The highest BCUT2D eigenvalue weighted by molar-refractivity contribution is 6.00. The molecule has 34 heavy (non-hydrogen) atoms. The first-order valence-electron chi connectivity index (χ1n) is 9.37. The number of nitrogens with one attached hydrogen (secondary N) is 4. The first-order chi connectivity index (χ1) is 15.8. The number of urea groups is 1. The van der Waals surface area contributed by atoms with Crippen molar-refractivity contribution in [3.8, 4) is 0 Å². The van der Waals surface area contributed by atoms with Gasteiger partial charge in [0.1, 0.15) is 0 Å². The van der Waals surface area contributed by atoms with E-state index in [4.69, 9.17) is 5.73 Å². The number of carbonyl (C=O) groups is 2.